The van der Waals surface area contributed by atoms with Gasteiger partial charge in [0.2, 0.25) is 5.91 Å². The molecule has 0 radical (unpaired) electrons. The zero-order valence-electron chi connectivity index (χ0n) is 19.9. The number of benzene rings is 2. The summed E-state index contributed by atoms with van der Waals surface area (Å²) >= 11 is 0. The zero-order chi connectivity index (χ0) is 28.1. The van der Waals surface area contributed by atoms with Crippen molar-refractivity contribution in [2.75, 3.05) is 0 Å². The van der Waals surface area contributed by atoms with Crippen LogP contribution in [0.15, 0.2) is 48.7 Å². The smallest absolute Gasteiger partial charge is 0.416 e. The van der Waals surface area contributed by atoms with Gasteiger partial charge in [-0.25, -0.2) is 0 Å². The number of nitrogens with one attached hydrogen (secondary N) is 2. The summed E-state index contributed by atoms with van der Waals surface area (Å²) in [5, 5.41) is 12.1. The van der Waals surface area contributed by atoms with E-state index in [0.717, 1.165) is 10.9 Å². The van der Waals surface area contributed by atoms with E-state index >= 15 is 0 Å². The molecule has 38 heavy (non-hydrogen) atoms. The van der Waals surface area contributed by atoms with Gasteiger partial charge in [-0.3, -0.25) is 14.4 Å². The standard InChI is InChI=1S/C26H24F6N2O4/c27-25(28,29)17-10-15(11-18(13-17)26(30,31)32)8-9-22(35)21(34-23(36)6-3-7-24(37)38)12-16-14-33-20-5-2-1-4-19(16)20/h1-2,4-5,10-11,13-14,21,33H,3,6-9,12H2,(H,34,36)(H,37,38). The predicted molar refractivity (Wildman–Crippen MR) is 125 cm³/mol. The second-order valence-corrected chi connectivity index (χ2v) is 8.81. The van der Waals surface area contributed by atoms with Crippen LogP contribution < -0.4 is 5.32 Å². The van der Waals surface area contributed by atoms with E-state index in [9.17, 15) is 40.7 Å². The highest BCUT2D eigenvalue weighted by Crippen LogP contribution is 2.36. The van der Waals surface area contributed by atoms with Gasteiger partial charge in [-0.1, -0.05) is 18.2 Å². The molecule has 12 heteroatoms. The molecular weight excluding hydrogens is 518 g/mol. The van der Waals surface area contributed by atoms with Crippen LogP contribution in [0, 0.1) is 0 Å². The van der Waals surface area contributed by atoms with Gasteiger partial charge in [0.05, 0.1) is 17.2 Å². The maximum absolute atomic E-state index is 13.2. The molecule has 0 aliphatic carbocycles. The van der Waals surface area contributed by atoms with E-state index in [1.165, 1.54) is 0 Å². The van der Waals surface area contributed by atoms with Crippen LogP contribution in [-0.2, 0) is 39.6 Å². The van der Waals surface area contributed by atoms with Crippen LogP contribution in [0.1, 0.15) is 47.9 Å². The number of halogens is 6. The lowest BCUT2D eigenvalue weighted by molar-refractivity contribution is -0.143. The lowest BCUT2D eigenvalue weighted by Gasteiger charge is -2.18. The Morgan fingerprint density at radius 2 is 1.53 bits per heavy atom. The molecule has 1 atom stereocenters. The molecule has 0 saturated heterocycles. The predicted octanol–water partition coefficient (Wildman–Crippen LogP) is 5.69. The van der Waals surface area contributed by atoms with Crippen molar-refractivity contribution < 1.29 is 45.8 Å². The van der Waals surface area contributed by atoms with Crippen molar-refractivity contribution in [2.45, 2.75) is 56.9 Å². The van der Waals surface area contributed by atoms with Crippen molar-refractivity contribution in [3.8, 4) is 0 Å². The quantitative estimate of drug-likeness (QED) is 0.271. The minimum atomic E-state index is -5.01. The SMILES string of the molecule is O=C(O)CCCC(=O)NC(Cc1c[nH]c2ccccc12)C(=O)CCc1cc(C(F)(F)F)cc(C(F)(F)F)c1. The lowest BCUT2D eigenvalue weighted by Crippen LogP contribution is -2.42. The van der Waals surface area contributed by atoms with Gasteiger partial charge in [-0.2, -0.15) is 26.3 Å². The number of carbonyl (C=O) groups is 3. The monoisotopic (exact) mass is 542 g/mol. The Labute approximate surface area is 213 Å². The van der Waals surface area contributed by atoms with Crippen LogP contribution in [0.4, 0.5) is 26.3 Å². The van der Waals surface area contributed by atoms with E-state index in [1.807, 2.05) is 0 Å². The van der Waals surface area contributed by atoms with Gasteiger partial charge in [0.1, 0.15) is 0 Å². The minimum Gasteiger partial charge on any atom is -0.481 e. The number of carboxylic acids is 1. The molecule has 6 nitrogen and oxygen atoms in total. The molecule has 3 rings (SSSR count). The molecule has 2 aromatic carbocycles. The van der Waals surface area contributed by atoms with E-state index in [1.54, 1.807) is 30.5 Å². The molecule has 3 aromatic rings. The molecule has 204 valence electrons. The number of amides is 1. The van der Waals surface area contributed by atoms with E-state index in [0.29, 0.717) is 17.7 Å². The highest BCUT2D eigenvalue weighted by molar-refractivity contribution is 5.91. The number of fused-ring (bicyclic) bond motifs is 1. The number of aliphatic carboxylic acids is 1. The van der Waals surface area contributed by atoms with Crippen LogP contribution in [0.5, 0.6) is 0 Å². The van der Waals surface area contributed by atoms with Crippen molar-refractivity contribution in [1.82, 2.24) is 10.3 Å². The van der Waals surface area contributed by atoms with E-state index in [2.05, 4.69) is 10.3 Å². The third-order valence-electron chi connectivity index (χ3n) is 5.92. The van der Waals surface area contributed by atoms with Crippen molar-refractivity contribution >= 4 is 28.6 Å². The Morgan fingerprint density at radius 3 is 2.13 bits per heavy atom. The molecule has 1 unspecified atom stereocenters. The Hall–Kier alpha value is -3.83. The summed E-state index contributed by atoms with van der Waals surface area (Å²) in [5.74, 6) is -2.28. The van der Waals surface area contributed by atoms with Crippen molar-refractivity contribution in [1.29, 1.82) is 0 Å². The summed E-state index contributed by atoms with van der Waals surface area (Å²) in [4.78, 5) is 39.2. The second kappa shape index (κ2) is 11.7. The minimum absolute atomic E-state index is 0.0164. The van der Waals surface area contributed by atoms with Crippen molar-refractivity contribution in [2.24, 2.45) is 0 Å². The van der Waals surface area contributed by atoms with E-state index in [-0.39, 0.29) is 37.3 Å². The third kappa shape index (κ3) is 7.83. The maximum Gasteiger partial charge on any atom is 0.416 e. The maximum atomic E-state index is 13.2. The molecule has 1 aromatic heterocycles. The van der Waals surface area contributed by atoms with Gasteiger partial charge in [0.25, 0.3) is 0 Å². The summed E-state index contributed by atoms with van der Waals surface area (Å²) in [7, 11) is 0. The van der Waals surface area contributed by atoms with Crippen LogP contribution in [0.3, 0.4) is 0 Å². The summed E-state index contributed by atoms with van der Waals surface area (Å²) in [6.45, 7) is 0. The number of Topliss-reactive ketones (excluding diaryl/α,β-unsaturated/α-hetero) is 1. The van der Waals surface area contributed by atoms with E-state index < -0.39 is 60.0 Å². The Morgan fingerprint density at radius 1 is 0.895 bits per heavy atom. The van der Waals surface area contributed by atoms with Gasteiger partial charge in [0, 0.05) is 42.8 Å². The van der Waals surface area contributed by atoms with Crippen LogP contribution >= 0.6 is 0 Å². The van der Waals surface area contributed by atoms with Gasteiger partial charge < -0.3 is 15.4 Å². The van der Waals surface area contributed by atoms with Crippen molar-refractivity contribution in [3.63, 3.8) is 0 Å². The normalized spacial score (nSPS) is 12.9. The molecular formula is C26H24F6N2O4. The Kier molecular flexibility index (Phi) is 8.85. The average molecular weight is 542 g/mol. The zero-order valence-corrected chi connectivity index (χ0v) is 19.9. The number of ketones is 1. The molecule has 3 N–H and O–H groups in total. The van der Waals surface area contributed by atoms with E-state index in [4.69, 9.17) is 5.11 Å². The number of aryl methyl sites for hydroxylation is 1. The number of hydrogen-bond acceptors (Lipinski definition) is 3. The first-order chi connectivity index (χ1) is 17.7. The first-order valence-corrected chi connectivity index (χ1v) is 11.6. The number of carboxylic acid groups (broad SMARTS) is 1. The molecule has 0 saturated carbocycles. The molecule has 1 amide bonds. The number of H-pyrrole nitrogens is 1. The van der Waals surface area contributed by atoms with Gasteiger partial charge >= 0.3 is 18.3 Å². The fraction of sp³-hybridized carbons (Fsp3) is 0.346. The van der Waals surface area contributed by atoms with Crippen LogP contribution in [-0.4, -0.2) is 33.8 Å². The molecule has 0 aliphatic heterocycles. The first kappa shape index (κ1) is 28.7. The largest absolute Gasteiger partial charge is 0.481 e. The van der Waals surface area contributed by atoms with Crippen molar-refractivity contribution in [3.05, 3.63) is 70.9 Å². The van der Waals surface area contributed by atoms with Gasteiger partial charge in [-0.15, -0.1) is 0 Å². The molecule has 0 spiro atoms. The number of carbonyl (C=O) groups excluding carboxylic acids is 2. The Balaban J connectivity index is 1.80. The Bertz CT molecular complexity index is 1280. The number of alkyl halides is 6. The number of aromatic nitrogens is 1. The summed E-state index contributed by atoms with van der Waals surface area (Å²) in [6.07, 6.45) is -9.61. The van der Waals surface area contributed by atoms with Crippen LogP contribution in [0.25, 0.3) is 10.9 Å². The van der Waals surface area contributed by atoms with Crippen LogP contribution in [0.2, 0.25) is 0 Å². The fourth-order valence-corrected chi connectivity index (χ4v) is 4.04. The second-order valence-electron chi connectivity index (χ2n) is 8.81. The number of rotatable bonds is 11. The molecule has 0 aliphatic rings. The number of para-hydroxylation sites is 1. The summed E-state index contributed by atoms with van der Waals surface area (Å²) < 4.78 is 79.1. The lowest BCUT2D eigenvalue weighted by atomic mass is 9.95. The molecule has 1 heterocycles. The molecule has 0 fully saturated rings. The number of hydrogen-bond donors (Lipinski definition) is 3. The van der Waals surface area contributed by atoms with Gasteiger partial charge in [-0.05, 0) is 48.2 Å². The topological polar surface area (TPSA) is 99.3 Å². The fourth-order valence-electron chi connectivity index (χ4n) is 4.04. The number of aromatic amines is 1. The highest BCUT2D eigenvalue weighted by Gasteiger charge is 2.37. The third-order valence-corrected chi connectivity index (χ3v) is 5.92. The first-order valence-electron chi connectivity index (χ1n) is 11.6. The summed E-state index contributed by atoms with van der Waals surface area (Å²) in [6, 6.07) is 7.18. The summed E-state index contributed by atoms with van der Waals surface area (Å²) in [5.41, 5.74) is -1.83. The highest BCUT2D eigenvalue weighted by atomic mass is 19.4. The molecule has 0 bridgehead atoms. The van der Waals surface area contributed by atoms with Gasteiger partial charge in [0.15, 0.2) is 5.78 Å². The average Bonchev–Trinajstić information content (AvgIpc) is 3.23.